The summed E-state index contributed by atoms with van der Waals surface area (Å²) in [7, 11) is 0. The summed E-state index contributed by atoms with van der Waals surface area (Å²) in [4.78, 5) is 14.6. The third kappa shape index (κ3) is 1.97. The number of amides is 1. The van der Waals surface area contributed by atoms with Gasteiger partial charge in [-0.25, -0.2) is 0 Å². The molecule has 0 spiro atoms. The third-order valence-electron chi connectivity index (χ3n) is 3.84. The zero-order valence-electron chi connectivity index (χ0n) is 11.7. The van der Waals surface area contributed by atoms with Crippen LogP contribution in [0.5, 0.6) is 0 Å². The number of para-hydroxylation sites is 1. The zero-order valence-corrected chi connectivity index (χ0v) is 11.7. The van der Waals surface area contributed by atoms with Gasteiger partial charge in [-0.05, 0) is 37.6 Å². The van der Waals surface area contributed by atoms with Crippen molar-refractivity contribution in [1.82, 2.24) is 4.90 Å². The molecular formula is C16H18N2O2. The molecule has 3 rings (SSSR count). The first-order valence-electron chi connectivity index (χ1n) is 6.94. The number of fused-ring (bicyclic) bond motifs is 1. The Labute approximate surface area is 118 Å². The smallest absolute Gasteiger partial charge is 0.258 e. The van der Waals surface area contributed by atoms with Gasteiger partial charge in [0.05, 0.1) is 11.8 Å². The summed E-state index contributed by atoms with van der Waals surface area (Å²) < 4.78 is 5.50. The molecular weight excluding hydrogens is 252 g/mol. The Bertz CT molecular complexity index is 607. The molecule has 1 aliphatic heterocycles. The van der Waals surface area contributed by atoms with Crippen molar-refractivity contribution in [2.45, 2.75) is 32.5 Å². The van der Waals surface area contributed by atoms with Crippen molar-refractivity contribution in [2.75, 3.05) is 5.32 Å². The lowest BCUT2D eigenvalue weighted by molar-refractivity contribution is 0.0568. The number of hydrogen-bond acceptors (Lipinski definition) is 3. The van der Waals surface area contributed by atoms with Gasteiger partial charge in [0, 0.05) is 11.7 Å². The monoisotopic (exact) mass is 270 g/mol. The van der Waals surface area contributed by atoms with E-state index in [9.17, 15) is 4.79 Å². The highest BCUT2D eigenvalue weighted by atomic mass is 16.3. The summed E-state index contributed by atoms with van der Waals surface area (Å²) >= 11 is 0. The molecule has 0 aliphatic carbocycles. The summed E-state index contributed by atoms with van der Waals surface area (Å²) in [5.41, 5.74) is 1.58. The predicted molar refractivity (Wildman–Crippen MR) is 77.4 cm³/mol. The van der Waals surface area contributed by atoms with E-state index < -0.39 is 0 Å². The van der Waals surface area contributed by atoms with E-state index >= 15 is 0 Å². The number of rotatable bonds is 3. The largest absolute Gasteiger partial charge is 0.465 e. The molecule has 0 saturated heterocycles. The molecule has 20 heavy (non-hydrogen) atoms. The van der Waals surface area contributed by atoms with Gasteiger partial charge in [0.1, 0.15) is 5.76 Å². The van der Waals surface area contributed by atoms with E-state index in [1.54, 1.807) is 6.26 Å². The molecule has 1 N–H and O–H groups in total. The van der Waals surface area contributed by atoms with Crippen molar-refractivity contribution < 1.29 is 9.21 Å². The minimum Gasteiger partial charge on any atom is -0.465 e. The van der Waals surface area contributed by atoms with Gasteiger partial charge < -0.3 is 14.6 Å². The normalized spacial score (nSPS) is 19.4. The van der Waals surface area contributed by atoms with Crippen LogP contribution in [0.4, 0.5) is 5.69 Å². The highest BCUT2D eigenvalue weighted by molar-refractivity contribution is 6.01. The number of anilines is 1. The fourth-order valence-corrected chi connectivity index (χ4v) is 2.58. The van der Waals surface area contributed by atoms with Crippen LogP contribution in [0.1, 0.15) is 42.6 Å². The molecule has 0 unspecified atom stereocenters. The van der Waals surface area contributed by atoms with Crippen molar-refractivity contribution in [3.05, 3.63) is 54.0 Å². The molecule has 2 aromatic rings. The third-order valence-corrected chi connectivity index (χ3v) is 3.84. The molecule has 2 atom stereocenters. The Morgan fingerprint density at radius 3 is 2.80 bits per heavy atom. The van der Waals surface area contributed by atoms with Gasteiger partial charge in [0.2, 0.25) is 0 Å². The quantitative estimate of drug-likeness (QED) is 0.926. The van der Waals surface area contributed by atoms with Crippen molar-refractivity contribution >= 4 is 11.6 Å². The highest BCUT2D eigenvalue weighted by Crippen LogP contribution is 2.34. The standard InChI is InChI=1S/C16H18N2O2/c1-3-11(2)18-15(14-9-6-10-20-14)17-13-8-5-4-7-12(13)16(18)19/h4-11,15,17H,3H2,1-2H3/t11-,15-/m1/s1. The number of hydrogen-bond donors (Lipinski definition) is 1. The molecule has 4 heteroatoms. The maximum absolute atomic E-state index is 12.8. The van der Waals surface area contributed by atoms with Crippen molar-refractivity contribution in [2.24, 2.45) is 0 Å². The molecule has 0 saturated carbocycles. The molecule has 1 amide bonds. The van der Waals surface area contributed by atoms with Crippen molar-refractivity contribution in [3.63, 3.8) is 0 Å². The number of furan rings is 1. The fraction of sp³-hybridized carbons (Fsp3) is 0.312. The molecule has 0 bridgehead atoms. The molecule has 0 radical (unpaired) electrons. The first-order valence-corrected chi connectivity index (χ1v) is 6.94. The second-order valence-corrected chi connectivity index (χ2v) is 5.08. The van der Waals surface area contributed by atoms with E-state index in [-0.39, 0.29) is 18.1 Å². The van der Waals surface area contributed by atoms with Gasteiger partial charge in [-0.15, -0.1) is 0 Å². The Morgan fingerprint density at radius 2 is 2.10 bits per heavy atom. The first-order chi connectivity index (χ1) is 9.72. The SMILES string of the molecule is CC[C@@H](C)N1C(=O)c2ccccc2N[C@H]1c1ccco1. The number of nitrogens with zero attached hydrogens (tertiary/aromatic N) is 1. The maximum Gasteiger partial charge on any atom is 0.258 e. The average molecular weight is 270 g/mol. The Morgan fingerprint density at radius 1 is 1.30 bits per heavy atom. The van der Waals surface area contributed by atoms with Crippen LogP contribution < -0.4 is 5.32 Å². The summed E-state index contributed by atoms with van der Waals surface area (Å²) in [6.45, 7) is 4.14. The lowest BCUT2D eigenvalue weighted by Crippen LogP contribution is -2.47. The molecule has 4 nitrogen and oxygen atoms in total. The van der Waals surface area contributed by atoms with E-state index in [1.165, 1.54) is 0 Å². The lowest BCUT2D eigenvalue weighted by atomic mass is 10.0. The van der Waals surface area contributed by atoms with Gasteiger partial charge in [0.25, 0.3) is 5.91 Å². The average Bonchev–Trinajstić information content (AvgIpc) is 3.00. The van der Waals surface area contributed by atoms with E-state index in [4.69, 9.17) is 4.42 Å². The first kappa shape index (κ1) is 12.8. The summed E-state index contributed by atoms with van der Waals surface area (Å²) in [5, 5.41) is 3.41. The number of benzene rings is 1. The Hall–Kier alpha value is -2.23. The molecule has 2 heterocycles. The van der Waals surface area contributed by atoms with Crippen LogP contribution in [0.3, 0.4) is 0 Å². The van der Waals surface area contributed by atoms with E-state index in [2.05, 4.69) is 19.2 Å². The van der Waals surface area contributed by atoms with Crippen molar-refractivity contribution in [3.8, 4) is 0 Å². The van der Waals surface area contributed by atoms with Gasteiger partial charge >= 0.3 is 0 Å². The van der Waals surface area contributed by atoms with Crippen LogP contribution in [-0.4, -0.2) is 16.8 Å². The van der Waals surface area contributed by atoms with Gasteiger partial charge in [-0.3, -0.25) is 4.79 Å². The fourth-order valence-electron chi connectivity index (χ4n) is 2.58. The van der Waals surface area contributed by atoms with Gasteiger partial charge in [-0.1, -0.05) is 19.1 Å². The maximum atomic E-state index is 12.8. The molecule has 1 aliphatic rings. The Kier molecular flexibility index (Phi) is 3.22. The summed E-state index contributed by atoms with van der Waals surface area (Å²) in [6, 6.07) is 11.5. The molecule has 104 valence electrons. The Balaban J connectivity index is 2.07. The van der Waals surface area contributed by atoms with Crippen LogP contribution in [-0.2, 0) is 0 Å². The minimum absolute atomic E-state index is 0.0510. The van der Waals surface area contributed by atoms with E-state index in [0.29, 0.717) is 0 Å². The molecule has 0 fully saturated rings. The predicted octanol–water partition coefficient (Wildman–Crippen LogP) is 3.64. The zero-order chi connectivity index (χ0) is 14.1. The van der Waals surface area contributed by atoms with Crippen LogP contribution in [0, 0.1) is 0 Å². The van der Waals surface area contributed by atoms with Crippen LogP contribution in [0.15, 0.2) is 47.1 Å². The number of carbonyl (C=O) groups is 1. The van der Waals surface area contributed by atoms with Crippen LogP contribution in [0.2, 0.25) is 0 Å². The lowest BCUT2D eigenvalue weighted by Gasteiger charge is -2.40. The van der Waals surface area contributed by atoms with Gasteiger partial charge in [-0.2, -0.15) is 0 Å². The van der Waals surface area contributed by atoms with Gasteiger partial charge in [0.15, 0.2) is 6.17 Å². The molecule has 1 aromatic heterocycles. The summed E-state index contributed by atoms with van der Waals surface area (Å²) in [6.07, 6.45) is 2.28. The second-order valence-electron chi connectivity index (χ2n) is 5.08. The summed E-state index contributed by atoms with van der Waals surface area (Å²) in [5.74, 6) is 0.809. The topological polar surface area (TPSA) is 45.5 Å². The van der Waals surface area contributed by atoms with E-state index in [1.807, 2.05) is 41.3 Å². The number of nitrogens with one attached hydrogen (secondary N) is 1. The molecule has 1 aromatic carbocycles. The minimum atomic E-state index is -0.248. The van der Waals surface area contributed by atoms with E-state index in [0.717, 1.165) is 23.4 Å². The number of carbonyl (C=O) groups excluding carboxylic acids is 1. The van der Waals surface area contributed by atoms with Crippen molar-refractivity contribution in [1.29, 1.82) is 0 Å². The van der Waals surface area contributed by atoms with Crippen LogP contribution >= 0.6 is 0 Å². The highest BCUT2D eigenvalue weighted by Gasteiger charge is 2.36. The second kappa shape index (κ2) is 5.04. The van der Waals surface area contributed by atoms with Crippen LogP contribution in [0.25, 0.3) is 0 Å².